The Morgan fingerprint density at radius 3 is 1.62 bits per heavy atom. The van der Waals surface area contributed by atoms with E-state index in [1.807, 2.05) is 51.1 Å². The van der Waals surface area contributed by atoms with Crippen molar-refractivity contribution < 1.29 is 81.7 Å². The van der Waals surface area contributed by atoms with Crippen molar-refractivity contribution in [2.45, 2.75) is 19.5 Å². The number of alkyl halides is 3. The molecule has 0 amide bonds. The van der Waals surface area contributed by atoms with Crippen LogP contribution in [-0.2, 0) is 19.2 Å². The second kappa shape index (κ2) is 13.7. The third-order valence-corrected chi connectivity index (χ3v) is 5.81. The summed E-state index contributed by atoms with van der Waals surface area (Å²) in [5, 5.41) is 0. The number of aromatic nitrogens is 2. The third kappa shape index (κ3) is 8.87. The molecule has 0 atom stereocenters. The van der Waals surface area contributed by atoms with Crippen LogP contribution in [0.2, 0.25) is 0 Å². The molecule has 2 aromatic rings. The number of pyridine rings is 2. The average Bonchev–Trinajstić information content (AvgIpc) is 3.76. The molecule has 1 aliphatic carbocycles. The number of hydrogen-bond donors (Lipinski definition) is 0. The standard InChI is InChI=1S/C12H13N3O2.C10H8N2.C5H5F3O2.Eu/c16-9-7-8(13-1-2-13)12(17)11(15-5-6-15)10(9)14-3-4-14;1-3-7-11-9(5-1)10-6-2-4-8-12-10;1-3(9)2-4(10)5(6,7)8;/h7H,1-6H2;1-8H;2H2,1H3;. The molecule has 4 aliphatic rings. The minimum Gasteiger partial charge on any atom is -0.365 e. The quantitative estimate of drug-likeness (QED) is 0.257. The Bertz CT molecular complexity index is 1280. The molecule has 3 saturated heterocycles. The normalized spacial score (nSPS) is 17.0. The van der Waals surface area contributed by atoms with Crippen molar-refractivity contribution in [3.8, 4) is 11.4 Å². The predicted molar refractivity (Wildman–Crippen MR) is 134 cm³/mol. The smallest absolute Gasteiger partial charge is 0.365 e. The van der Waals surface area contributed by atoms with Gasteiger partial charge in [0.2, 0.25) is 17.3 Å². The first-order valence-corrected chi connectivity index (χ1v) is 12.3. The fraction of sp³-hybridized carbons (Fsp3) is 0.333. The Balaban J connectivity index is 0.000000172. The Kier molecular flexibility index (Phi) is 10.9. The van der Waals surface area contributed by atoms with Crippen molar-refractivity contribution in [2.24, 2.45) is 0 Å². The van der Waals surface area contributed by atoms with Crippen LogP contribution >= 0.6 is 0 Å². The minimum absolute atomic E-state index is 0. The van der Waals surface area contributed by atoms with E-state index >= 15 is 0 Å². The number of carbonyl (C=O) groups excluding carboxylic acids is 4. The number of Topliss-reactive ketones (excluding diaryl/α,β-unsaturated/α-hetero) is 3. The van der Waals surface area contributed by atoms with Crippen molar-refractivity contribution in [2.75, 3.05) is 39.3 Å². The van der Waals surface area contributed by atoms with E-state index in [-0.39, 0.29) is 60.9 Å². The van der Waals surface area contributed by atoms with Gasteiger partial charge in [0, 0.05) is 107 Å². The summed E-state index contributed by atoms with van der Waals surface area (Å²) in [6.45, 7) is 6.34. The zero-order chi connectivity index (χ0) is 28.2. The molecular formula is C27H26EuF3N5O4. The molecule has 5 heterocycles. The Morgan fingerprint density at radius 1 is 0.800 bits per heavy atom. The molecule has 0 N–H and O–H groups in total. The van der Waals surface area contributed by atoms with Gasteiger partial charge in [-0.2, -0.15) is 13.2 Å². The van der Waals surface area contributed by atoms with Crippen LogP contribution in [0.25, 0.3) is 11.4 Å². The van der Waals surface area contributed by atoms with E-state index < -0.39 is 24.2 Å². The molecule has 2 aromatic heterocycles. The summed E-state index contributed by atoms with van der Waals surface area (Å²) in [6, 6.07) is 11.6. The fourth-order valence-electron chi connectivity index (χ4n) is 3.63. The third-order valence-electron chi connectivity index (χ3n) is 5.81. The molecule has 9 nitrogen and oxygen atoms in total. The number of rotatable bonds is 6. The topological polar surface area (TPSA) is 103 Å². The first-order valence-electron chi connectivity index (χ1n) is 12.3. The summed E-state index contributed by atoms with van der Waals surface area (Å²) in [6.07, 6.45) is -0.862. The summed E-state index contributed by atoms with van der Waals surface area (Å²) >= 11 is 0. The van der Waals surface area contributed by atoms with Crippen molar-refractivity contribution >= 4 is 23.1 Å². The predicted octanol–water partition coefficient (Wildman–Crippen LogP) is 2.42. The van der Waals surface area contributed by atoms with Gasteiger partial charge < -0.3 is 14.7 Å². The number of allylic oxidation sites excluding steroid dienone is 1. The van der Waals surface area contributed by atoms with Crippen molar-refractivity contribution in [3.05, 3.63) is 72.0 Å². The zero-order valence-corrected chi connectivity index (χ0v) is 24.0. The number of halogens is 3. The number of nitrogens with zero attached hydrogens (tertiary/aromatic N) is 5. The van der Waals surface area contributed by atoms with Crippen LogP contribution in [0.15, 0.2) is 72.0 Å². The molecule has 40 heavy (non-hydrogen) atoms. The summed E-state index contributed by atoms with van der Waals surface area (Å²) in [5.74, 6) is -2.71. The molecule has 3 fully saturated rings. The van der Waals surface area contributed by atoms with E-state index in [0.29, 0.717) is 17.1 Å². The molecule has 3 aliphatic heterocycles. The van der Waals surface area contributed by atoms with Gasteiger partial charge in [-0.1, -0.05) is 12.1 Å². The first kappa shape index (κ1) is 31.8. The van der Waals surface area contributed by atoms with Crippen LogP contribution in [0.1, 0.15) is 13.3 Å². The molecule has 0 aromatic carbocycles. The van der Waals surface area contributed by atoms with Gasteiger partial charge in [-0.15, -0.1) is 0 Å². The molecular weight excluding hydrogens is 667 g/mol. The van der Waals surface area contributed by atoms with Gasteiger partial charge >= 0.3 is 6.18 Å². The van der Waals surface area contributed by atoms with Gasteiger partial charge in [-0.25, -0.2) is 0 Å². The summed E-state index contributed by atoms with van der Waals surface area (Å²) in [4.78, 5) is 58.8. The Hall–Kier alpha value is -2.77. The van der Waals surface area contributed by atoms with E-state index in [2.05, 4.69) is 9.97 Å². The monoisotopic (exact) mass is 694 g/mol. The van der Waals surface area contributed by atoms with E-state index in [0.717, 1.165) is 57.6 Å². The van der Waals surface area contributed by atoms with Gasteiger partial charge in [-0.05, 0) is 31.2 Å². The van der Waals surface area contributed by atoms with Gasteiger partial charge in [0.15, 0.2) is 0 Å². The van der Waals surface area contributed by atoms with E-state index in [1.165, 1.54) is 6.08 Å². The summed E-state index contributed by atoms with van der Waals surface area (Å²) in [5.41, 5.74) is 3.72. The number of ketones is 4. The maximum Gasteiger partial charge on any atom is 0.450 e. The van der Waals surface area contributed by atoms with Gasteiger partial charge in [0.05, 0.1) is 23.5 Å². The summed E-state index contributed by atoms with van der Waals surface area (Å²) < 4.78 is 33.9. The van der Waals surface area contributed by atoms with Crippen LogP contribution in [0, 0.1) is 49.4 Å². The maximum absolute atomic E-state index is 12.4. The summed E-state index contributed by atoms with van der Waals surface area (Å²) in [7, 11) is 0. The molecule has 0 bridgehead atoms. The van der Waals surface area contributed by atoms with E-state index in [9.17, 15) is 32.3 Å². The van der Waals surface area contributed by atoms with Crippen LogP contribution in [0.5, 0.6) is 0 Å². The molecule has 1 radical (unpaired) electrons. The van der Waals surface area contributed by atoms with Crippen molar-refractivity contribution in [3.63, 3.8) is 0 Å². The maximum atomic E-state index is 12.4. The van der Waals surface area contributed by atoms with Crippen LogP contribution in [-0.4, -0.2) is 93.2 Å². The Labute approximate surface area is 269 Å². The molecule has 0 spiro atoms. The zero-order valence-electron chi connectivity index (χ0n) is 21.5. The Morgan fingerprint density at radius 2 is 1.27 bits per heavy atom. The second-order valence-corrected chi connectivity index (χ2v) is 9.11. The molecule has 211 valence electrons. The fourth-order valence-corrected chi connectivity index (χ4v) is 3.63. The molecule has 13 heteroatoms. The average molecular weight is 693 g/mol. The van der Waals surface area contributed by atoms with Crippen molar-refractivity contribution in [1.29, 1.82) is 0 Å². The van der Waals surface area contributed by atoms with Gasteiger partial charge in [-0.3, -0.25) is 29.1 Å². The molecule has 6 rings (SSSR count). The van der Waals surface area contributed by atoms with E-state index in [4.69, 9.17) is 0 Å². The second-order valence-electron chi connectivity index (χ2n) is 9.11. The molecule has 0 saturated carbocycles. The van der Waals surface area contributed by atoms with Gasteiger partial charge in [0.1, 0.15) is 17.2 Å². The molecule has 0 unspecified atom stereocenters. The van der Waals surface area contributed by atoms with E-state index in [1.54, 1.807) is 12.4 Å². The van der Waals surface area contributed by atoms with Crippen LogP contribution in [0.4, 0.5) is 13.2 Å². The first-order chi connectivity index (χ1) is 18.6. The number of carbonyl (C=O) groups is 4. The largest absolute Gasteiger partial charge is 0.450 e. The van der Waals surface area contributed by atoms with Crippen LogP contribution in [0.3, 0.4) is 0 Å². The SMILES string of the molecule is CC(=O)CC(=O)C(F)(F)F.O=C1C=C(N2CC2)C(=O)C(N2CC2)=C1N1CC1.[Eu].c1ccc(-c2ccccn2)nc1. The number of hydrogen-bond acceptors (Lipinski definition) is 9. The van der Waals surface area contributed by atoms with Gasteiger partial charge in [0.25, 0.3) is 0 Å². The minimum atomic E-state index is -4.87. The van der Waals surface area contributed by atoms with Crippen molar-refractivity contribution in [1.82, 2.24) is 24.7 Å². The van der Waals surface area contributed by atoms with Crippen LogP contribution < -0.4 is 0 Å².